The lowest BCUT2D eigenvalue weighted by molar-refractivity contribution is 1.61. The molecular formula is C18H16B2. The summed E-state index contributed by atoms with van der Waals surface area (Å²) in [5.41, 5.74) is 7.69. The molecule has 0 spiro atoms. The summed E-state index contributed by atoms with van der Waals surface area (Å²) in [4.78, 5) is 0. The van der Waals surface area contributed by atoms with Gasteiger partial charge in [-0.15, -0.1) is 0 Å². The van der Waals surface area contributed by atoms with Gasteiger partial charge in [0.1, 0.15) is 15.7 Å². The number of hydrogen-bond donors (Lipinski definition) is 0. The maximum Gasteiger partial charge on any atom is 0.139 e. The van der Waals surface area contributed by atoms with Crippen molar-refractivity contribution in [1.29, 1.82) is 0 Å². The smallest absolute Gasteiger partial charge is 0.0884 e. The van der Waals surface area contributed by atoms with E-state index in [1.165, 1.54) is 33.2 Å². The predicted molar refractivity (Wildman–Crippen MR) is 93.7 cm³/mol. The average Bonchev–Trinajstić information content (AvgIpc) is 2.47. The van der Waals surface area contributed by atoms with E-state index in [0.717, 1.165) is 0 Å². The van der Waals surface area contributed by atoms with Gasteiger partial charge in [-0.1, -0.05) is 77.7 Å². The third-order valence-electron chi connectivity index (χ3n) is 3.57. The quantitative estimate of drug-likeness (QED) is 0.608. The summed E-state index contributed by atoms with van der Waals surface area (Å²) in [6, 6.07) is 26.0. The third kappa shape index (κ3) is 2.70. The molecule has 0 amide bonds. The molecule has 0 unspecified atom stereocenters. The van der Waals surface area contributed by atoms with Gasteiger partial charge < -0.3 is 0 Å². The number of hydrogen-bond acceptors (Lipinski definition) is 0. The summed E-state index contributed by atoms with van der Waals surface area (Å²) in [5, 5.41) is 0. The molecular weight excluding hydrogens is 238 g/mol. The molecule has 20 heavy (non-hydrogen) atoms. The fourth-order valence-corrected chi connectivity index (χ4v) is 2.53. The minimum Gasteiger partial charge on any atom is -0.0884 e. The van der Waals surface area contributed by atoms with Crippen molar-refractivity contribution in [3.05, 3.63) is 72.8 Å². The van der Waals surface area contributed by atoms with E-state index in [4.69, 9.17) is 0 Å². The van der Waals surface area contributed by atoms with Crippen molar-refractivity contribution >= 4 is 26.6 Å². The molecule has 3 rings (SSSR count). The summed E-state index contributed by atoms with van der Waals surface area (Å²) >= 11 is 0. The molecule has 0 N–H and O–H groups in total. The molecule has 0 atom stereocenters. The van der Waals surface area contributed by atoms with E-state index in [9.17, 15) is 0 Å². The van der Waals surface area contributed by atoms with Gasteiger partial charge in [0.2, 0.25) is 0 Å². The lowest BCUT2D eigenvalue weighted by Crippen LogP contribution is -2.01. The van der Waals surface area contributed by atoms with E-state index >= 15 is 0 Å². The first-order valence-electron chi connectivity index (χ1n) is 6.96. The van der Waals surface area contributed by atoms with E-state index in [2.05, 4.69) is 88.5 Å². The van der Waals surface area contributed by atoms with Crippen LogP contribution in [0.2, 0.25) is 0 Å². The average molecular weight is 254 g/mol. The van der Waals surface area contributed by atoms with Crippen molar-refractivity contribution in [2.75, 3.05) is 0 Å². The Kier molecular flexibility index (Phi) is 3.47. The minimum atomic E-state index is 1.27. The molecule has 0 aliphatic carbocycles. The zero-order chi connectivity index (χ0) is 13.9. The van der Waals surface area contributed by atoms with E-state index in [1.807, 2.05) is 0 Å². The Morgan fingerprint density at radius 3 is 1.20 bits per heavy atom. The fraction of sp³-hybridized carbons (Fsp3) is 0. The summed E-state index contributed by atoms with van der Waals surface area (Å²) < 4.78 is 0. The fourth-order valence-electron chi connectivity index (χ4n) is 2.53. The summed E-state index contributed by atoms with van der Waals surface area (Å²) in [7, 11) is 4.27. The SMILES string of the molecule is Bc1cccc(-c2cccc(-c3cccc(B)c3)c2)c1. The van der Waals surface area contributed by atoms with Gasteiger partial charge in [0, 0.05) is 0 Å². The molecule has 0 aliphatic rings. The highest BCUT2D eigenvalue weighted by Crippen LogP contribution is 2.25. The molecule has 0 fully saturated rings. The molecule has 0 aromatic heterocycles. The van der Waals surface area contributed by atoms with Crippen LogP contribution < -0.4 is 10.9 Å². The standard InChI is InChI=1S/C18H16B2/c19-17-8-2-6-15(11-17)13-4-1-5-14(10-13)16-7-3-9-18(20)12-16/h1-12H,19-20H2. The topological polar surface area (TPSA) is 0 Å². The van der Waals surface area contributed by atoms with Crippen molar-refractivity contribution in [2.45, 2.75) is 0 Å². The second kappa shape index (κ2) is 5.42. The van der Waals surface area contributed by atoms with Crippen LogP contribution >= 0.6 is 0 Å². The molecule has 0 radical (unpaired) electrons. The predicted octanol–water partition coefficient (Wildman–Crippen LogP) is 1.54. The van der Waals surface area contributed by atoms with Gasteiger partial charge in [-0.25, -0.2) is 0 Å². The van der Waals surface area contributed by atoms with Crippen LogP contribution in [0.1, 0.15) is 0 Å². The van der Waals surface area contributed by atoms with Crippen LogP contribution in [0.4, 0.5) is 0 Å². The van der Waals surface area contributed by atoms with Crippen LogP contribution in [0.3, 0.4) is 0 Å². The maximum absolute atomic E-state index is 2.27. The molecule has 3 aromatic carbocycles. The van der Waals surface area contributed by atoms with E-state index in [-0.39, 0.29) is 0 Å². The van der Waals surface area contributed by atoms with E-state index in [0.29, 0.717) is 0 Å². The largest absolute Gasteiger partial charge is 0.139 e. The molecule has 0 saturated carbocycles. The third-order valence-corrected chi connectivity index (χ3v) is 3.57. The monoisotopic (exact) mass is 254 g/mol. The molecule has 0 heterocycles. The zero-order valence-electron chi connectivity index (χ0n) is 11.9. The Balaban J connectivity index is 2.06. The summed E-state index contributed by atoms with van der Waals surface area (Å²) in [5.74, 6) is 0. The van der Waals surface area contributed by atoms with Crippen molar-refractivity contribution < 1.29 is 0 Å². The van der Waals surface area contributed by atoms with Gasteiger partial charge in [-0.05, 0) is 28.3 Å². The molecule has 0 aliphatic heterocycles. The highest BCUT2D eigenvalue weighted by Gasteiger charge is 2.02. The van der Waals surface area contributed by atoms with Crippen LogP contribution in [0.5, 0.6) is 0 Å². The summed E-state index contributed by atoms with van der Waals surface area (Å²) in [6.45, 7) is 0. The number of rotatable bonds is 2. The first-order valence-corrected chi connectivity index (χ1v) is 6.96. The molecule has 3 aromatic rings. The van der Waals surface area contributed by atoms with Gasteiger partial charge in [-0.2, -0.15) is 0 Å². The number of benzene rings is 3. The van der Waals surface area contributed by atoms with Crippen molar-refractivity contribution in [3.63, 3.8) is 0 Å². The van der Waals surface area contributed by atoms with Crippen LogP contribution in [0.25, 0.3) is 22.3 Å². The van der Waals surface area contributed by atoms with Gasteiger partial charge >= 0.3 is 0 Å². The minimum absolute atomic E-state index is 1.27. The highest BCUT2D eigenvalue weighted by molar-refractivity contribution is 6.33. The van der Waals surface area contributed by atoms with Crippen molar-refractivity contribution in [1.82, 2.24) is 0 Å². The van der Waals surface area contributed by atoms with Crippen LogP contribution in [0, 0.1) is 0 Å². The zero-order valence-corrected chi connectivity index (χ0v) is 11.9. The van der Waals surface area contributed by atoms with Crippen LogP contribution in [-0.4, -0.2) is 15.7 Å². The van der Waals surface area contributed by atoms with Crippen LogP contribution in [0.15, 0.2) is 72.8 Å². The van der Waals surface area contributed by atoms with Gasteiger partial charge in [0.25, 0.3) is 0 Å². The van der Waals surface area contributed by atoms with E-state index < -0.39 is 0 Å². The van der Waals surface area contributed by atoms with Gasteiger partial charge in [-0.3, -0.25) is 0 Å². The molecule has 0 nitrogen and oxygen atoms in total. The van der Waals surface area contributed by atoms with E-state index in [1.54, 1.807) is 0 Å². The second-order valence-electron chi connectivity index (χ2n) is 5.32. The Labute approximate surface area is 122 Å². The van der Waals surface area contributed by atoms with Gasteiger partial charge in [0.05, 0.1) is 0 Å². The second-order valence-corrected chi connectivity index (χ2v) is 5.32. The van der Waals surface area contributed by atoms with Crippen LogP contribution in [-0.2, 0) is 0 Å². The first-order chi connectivity index (χ1) is 9.72. The molecule has 0 saturated heterocycles. The maximum atomic E-state index is 2.27. The molecule has 2 heteroatoms. The molecule has 0 bridgehead atoms. The Hall–Kier alpha value is -2.21. The Morgan fingerprint density at radius 1 is 0.450 bits per heavy atom. The first kappa shape index (κ1) is 12.8. The van der Waals surface area contributed by atoms with Crippen molar-refractivity contribution in [2.24, 2.45) is 0 Å². The normalized spacial score (nSPS) is 10.4. The Bertz CT molecular complexity index is 687. The molecule has 94 valence electrons. The van der Waals surface area contributed by atoms with Gasteiger partial charge in [0.15, 0.2) is 0 Å². The lowest BCUT2D eigenvalue weighted by atomic mass is 9.90. The lowest BCUT2D eigenvalue weighted by Gasteiger charge is -2.07. The summed E-state index contributed by atoms with van der Waals surface area (Å²) in [6.07, 6.45) is 0. The Morgan fingerprint density at radius 2 is 0.800 bits per heavy atom. The van der Waals surface area contributed by atoms with Crippen molar-refractivity contribution in [3.8, 4) is 22.3 Å². The highest BCUT2D eigenvalue weighted by atomic mass is 14.1.